The van der Waals surface area contributed by atoms with Crippen molar-refractivity contribution in [2.24, 2.45) is 5.92 Å². The second kappa shape index (κ2) is 17.4. The monoisotopic (exact) mass is 658 g/mol. The number of nitrogens with zero attached hydrogens (tertiary/aromatic N) is 5. The molecular weight excluding hydrogens is 608 g/mol. The minimum Gasteiger partial charge on any atom is -0.378 e. The highest BCUT2D eigenvalue weighted by atomic mass is 16.2. The highest BCUT2D eigenvalue weighted by Crippen LogP contribution is 2.21. The number of aromatic nitrogens is 3. The molecule has 0 fully saturated rings. The van der Waals surface area contributed by atoms with E-state index in [4.69, 9.17) is 0 Å². The fourth-order valence-corrected chi connectivity index (χ4v) is 5.78. The third kappa shape index (κ3) is 10.6. The van der Waals surface area contributed by atoms with E-state index in [9.17, 15) is 19.2 Å². The number of amides is 4. The molecule has 0 bridgehead atoms. The van der Waals surface area contributed by atoms with Crippen LogP contribution in [0.15, 0.2) is 54.6 Å². The topological polar surface area (TPSA) is 142 Å². The van der Waals surface area contributed by atoms with Gasteiger partial charge < -0.3 is 25.8 Å². The van der Waals surface area contributed by atoms with Crippen molar-refractivity contribution in [1.82, 2.24) is 35.6 Å². The van der Waals surface area contributed by atoms with Crippen LogP contribution in [0.3, 0.4) is 0 Å². The van der Waals surface area contributed by atoms with Gasteiger partial charge in [-0.1, -0.05) is 56.3 Å². The average molecular weight is 659 g/mol. The molecule has 1 aliphatic heterocycles. The Balaban J connectivity index is 1.52. The molecule has 0 spiro atoms. The Hall–Kier alpha value is -4.74. The lowest BCUT2D eigenvalue weighted by atomic mass is 10.0. The van der Waals surface area contributed by atoms with Gasteiger partial charge in [0.2, 0.25) is 23.6 Å². The first-order valence-electron chi connectivity index (χ1n) is 16.9. The van der Waals surface area contributed by atoms with Gasteiger partial charge in [0.05, 0.1) is 6.04 Å². The predicted octanol–water partition coefficient (Wildman–Crippen LogP) is 2.95. The van der Waals surface area contributed by atoms with Crippen molar-refractivity contribution in [1.29, 1.82) is 0 Å². The molecule has 1 aliphatic rings. The number of hydrogen-bond donors (Lipinski definition) is 3. The fraction of sp³-hybridized carbons (Fsp3) is 0.500. The lowest BCUT2D eigenvalue weighted by Gasteiger charge is -2.26. The Morgan fingerprint density at radius 1 is 0.938 bits per heavy atom. The van der Waals surface area contributed by atoms with Crippen LogP contribution in [-0.4, -0.2) is 83.1 Å². The molecule has 2 heterocycles. The van der Waals surface area contributed by atoms with E-state index in [1.807, 2.05) is 87.4 Å². The standard InChI is InChI=1S/C36H50N8O4/c1-25(2)34-35-38-26(3)41-44(35)24-32(46)37-20-10-22-43(33(47)19-16-27-14-17-29(18-15-27)42(4)5)21-9-13-31(45)39-30(36(48)40-34)23-28-11-7-6-8-12-28/h6-8,11-12,14-15,17-18,25,30,34H,9-10,13,16,19-24H2,1-5H3,(H,37,46)(H,39,45)(H,40,48)/t30-,34+/m1/s1. The van der Waals surface area contributed by atoms with Crippen LogP contribution in [-0.2, 0) is 38.6 Å². The molecule has 0 unspecified atom stereocenters. The van der Waals surface area contributed by atoms with Gasteiger partial charge in [0.15, 0.2) is 5.82 Å². The molecule has 1 aromatic heterocycles. The molecule has 4 amide bonds. The molecule has 12 nitrogen and oxygen atoms in total. The van der Waals surface area contributed by atoms with Crippen LogP contribution in [0.25, 0.3) is 0 Å². The molecule has 0 saturated carbocycles. The lowest BCUT2D eigenvalue weighted by Crippen LogP contribution is -2.50. The fourth-order valence-electron chi connectivity index (χ4n) is 5.78. The van der Waals surface area contributed by atoms with E-state index in [1.165, 1.54) is 4.68 Å². The van der Waals surface area contributed by atoms with E-state index in [0.717, 1.165) is 16.8 Å². The van der Waals surface area contributed by atoms with E-state index in [2.05, 4.69) is 26.0 Å². The zero-order valence-corrected chi connectivity index (χ0v) is 28.9. The molecule has 12 heteroatoms. The number of nitrogens with one attached hydrogen (secondary N) is 3. The SMILES string of the molecule is Cc1nc2n(n1)CC(=O)NCCCN(C(=O)CCc1ccc(N(C)C)cc1)CCCC(=O)N[C@H](Cc1ccccc1)C(=O)N[C@H]2C(C)C. The zero-order valence-electron chi connectivity index (χ0n) is 28.9. The summed E-state index contributed by atoms with van der Waals surface area (Å²) in [5.74, 6) is 0.0533. The van der Waals surface area contributed by atoms with Crippen molar-refractivity contribution in [2.45, 2.75) is 77.9 Å². The number of fused-ring (bicyclic) bond motifs is 1. The van der Waals surface area contributed by atoms with Crippen LogP contribution in [0.5, 0.6) is 0 Å². The average Bonchev–Trinajstić information content (AvgIpc) is 3.41. The maximum atomic E-state index is 13.8. The van der Waals surface area contributed by atoms with Gasteiger partial charge in [-0.05, 0) is 55.4 Å². The molecule has 3 N–H and O–H groups in total. The van der Waals surface area contributed by atoms with Crippen molar-refractivity contribution < 1.29 is 19.2 Å². The highest BCUT2D eigenvalue weighted by Gasteiger charge is 2.30. The largest absolute Gasteiger partial charge is 0.378 e. The summed E-state index contributed by atoms with van der Waals surface area (Å²) < 4.78 is 1.53. The maximum absolute atomic E-state index is 13.8. The molecule has 3 aromatic rings. The Morgan fingerprint density at radius 2 is 1.65 bits per heavy atom. The van der Waals surface area contributed by atoms with E-state index in [1.54, 1.807) is 11.8 Å². The summed E-state index contributed by atoms with van der Waals surface area (Å²) in [5, 5.41) is 13.4. The quantitative estimate of drug-likeness (QED) is 0.355. The van der Waals surface area contributed by atoms with Gasteiger partial charge in [-0.3, -0.25) is 19.2 Å². The van der Waals surface area contributed by atoms with Crippen LogP contribution in [0.4, 0.5) is 5.69 Å². The van der Waals surface area contributed by atoms with Gasteiger partial charge >= 0.3 is 0 Å². The van der Waals surface area contributed by atoms with E-state index in [-0.39, 0.29) is 42.5 Å². The number of aryl methyl sites for hydroxylation is 2. The summed E-state index contributed by atoms with van der Waals surface area (Å²) in [6.45, 7) is 6.83. The van der Waals surface area contributed by atoms with Crippen molar-refractivity contribution >= 4 is 29.3 Å². The number of carbonyl (C=O) groups is 4. The number of anilines is 1. The van der Waals surface area contributed by atoms with Crippen molar-refractivity contribution in [3.8, 4) is 0 Å². The Kier molecular flexibility index (Phi) is 13.1. The first kappa shape index (κ1) is 36.1. The Morgan fingerprint density at radius 3 is 2.33 bits per heavy atom. The van der Waals surface area contributed by atoms with Gasteiger partial charge in [0.25, 0.3) is 0 Å². The summed E-state index contributed by atoms with van der Waals surface area (Å²) in [6.07, 6.45) is 2.41. The second-order valence-corrected chi connectivity index (χ2v) is 13.0. The van der Waals surface area contributed by atoms with Crippen molar-refractivity contribution in [3.63, 3.8) is 0 Å². The minimum absolute atomic E-state index is 0.00313. The highest BCUT2D eigenvalue weighted by molar-refractivity contribution is 5.88. The molecule has 0 saturated heterocycles. The zero-order chi connectivity index (χ0) is 34.6. The van der Waals surface area contributed by atoms with Gasteiger partial charge in [0.1, 0.15) is 18.4 Å². The van der Waals surface area contributed by atoms with Crippen LogP contribution in [0.2, 0.25) is 0 Å². The number of hydrogen-bond acceptors (Lipinski definition) is 7. The van der Waals surface area contributed by atoms with E-state index >= 15 is 0 Å². The molecule has 258 valence electrons. The van der Waals surface area contributed by atoms with Crippen molar-refractivity contribution in [3.05, 3.63) is 77.4 Å². The number of benzene rings is 2. The first-order chi connectivity index (χ1) is 23.0. The van der Waals surface area contributed by atoms with Crippen molar-refractivity contribution in [2.75, 3.05) is 38.6 Å². The second-order valence-electron chi connectivity index (χ2n) is 13.0. The molecule has 48 heavy (non-hydrogen) atoms. The van der Waals surface area contributed by atoms with Gasteiger partial charge in [-0.15, -0.1) is 0 Å². The predicted molar refractivity (Wildman–Crippen MR) is 185 cm³/mol. The van der Waals surface area contributed by atoms with Crippen LogP contribution in [0, 0.1) is 12.8 Å². The number of rotatable bonds is 7. The van der Waals surface area contributed by atoms with Gasteiger partial charge in [0, 0.05) is 58.7 Å². The summed E-state index contributed by atoms with van der Waals surface area (Å²) >= 11 is 0. The molecule has 2 aromatic carbocycles. The third-order valence-electron chi connectivity index (χ3n) is 8.47. The van der Waals surface area contributed by atoms with Crippen LogP contribution < -0.4 is 20.9 Å². The van der Waals surface area contributed by atoms with E-state index < -0.39 is 12.1 Å². The summed E-state index contributed by atoms with van der Waals surface area (Å²) in [7, 11) is 3.97. The van der Waals surface area contributed by atoms with E-state index in [0.29, 0.717) is 63.4 Å². The summed E-state index contributed by atoms with van der Waals surface area (Å²) in [5.41, 5.74) is 3.08. The smallest absolute Gasteiger partial charge is 0.243 e. The molecule has 0 radical (unpaired) electrons. The summed E-state index contributed by atoms with van der Waals surface area (Å²) in [4.78, 5) is 61.9. The molecule has 0 aliphatic carbocycles. The maximum Gasteiger partial charge on any atom is 0.243 e. The Labute approximate surface area is 283 Å². The van der Waals surface area contributed by atoms with Gasteiger partial charge in [-0.2, -0.15) is 5.10 Å². The Bertz CT molecular complexity index is 1520. The van der Waals surface area contributed by atoms with Crippen LogP contribution >= 0.6 is 0 Å². The summed E-state index contributed by atoms with van der Waals surface area (Å²) in [6, 6.07) is 16.3. The van der Waals surface area contributed by atoms with Crippen LogP contribution in [0.1, 0.15) is 68.3 Å². The van der Waals surface area contributed by atoms with Gasteiger partial charge in [-0.25, -0.2) is 9.67 Å². The molecule has 4 rings (SSSR count). The molecule has 2 atom stereocenters. The minimum atomic E-state index is -0.836. The first-order valence-corrected chi connectivity index (χ1v) is 16.9. The number of carbonyl (C=O) groups excluding carboxylic acids is 4. The molecular formula is C36H50N8O4. The lowest BCUT2D eigenvalue weighted by molar-refractivity contribution is -0.132. The third-order valence-corrected chi connectivity index (χ3v) is 8.47. The normalized spacial score (nSPS) is 18.6.